The number of primary amides is 1. The Morgan fingerprint density at radius 3 is 2.65 bits per heavy atom. The molecule has 0 spiro atoms. The molecule has 0 saturated carbocycles. The molecule has 0 aliphatic heterocycles. The van der Waals surface area contributed by atoms with Crippen LogP contribution in [0.5, 0.6) is 0 Å². The highest BCUT2D eigenvalue weighted by Crippen LogP contribution is 2.20. The molecule has 1 aromatic carbocycles. The van der Waals surface area contributed by atoms with Gasteiger partial charge in [0.05, 0.1) is 18.8 Å². The van der Waals surface area contributed by atoms with Crippen LogP contribution < -0.4 is 5.73 Å². The van der Waals surface area contributed by atoms with E-state index >= 15 is 0 Å². The van der Waals surface area contributed by atoms with Gasteiger partial charge in [-0.2, -0.15) is 5.10 Å². The summed E-state index contributed by atoms with van der Waals surface area (Å²) < 4.78 is 5.91. The fraction of sp³-hybridized carbons (Fsp3) is 0.267. The van der Waals surface area contributed by atoms with Crippen LogP contribution in [0.4, 0.5) is 0 Å². The number of amides is 2. The van der Waals surface area contributed by atoms with Crippen LogP contribution in [0.2, 0.25) is 0 Å². The fourth-order valence-electron chi connectivity index (χ4n) is 2.01. The van der Waals surface area contributed by atoms with Gasteiger partial charge in [-0.25, -0.2) is 0 Å². The summed E-state index contributed by atoms with van der Waals surface area (Å²) in [6, 6.07) is 9.21. The molecule has 0 aliphatic rings. The number of benzene rings is 1. The van der Waals surface area contributed by atoms with Gasteiger partial charge in [-0.1, -0.05) is 28.1 Å². The van der Waals surface area contributed by atoms with Crippen molar-refractivity contribution in [1.29, 1.82) is 0 Å². The van der Waals surface area contributed by atoms with Crippen molar-refractivity contribution in [2.24, 2.45) is 5.73 Å². The minimum absolute atomic E-state index is 0.172. The molecule has 3 N–H and O–H groups in total. The van der Waals surface area contributed by atoms with E-state index in [1.54, 1.807) is 6.07 Å². The number of halogens is 1. The van der Waals surface area contributed by atoms with Crippen LogP contribution in [0.3, 0.4) is 0 Å². The van der Waals surface area contributed by atoms with E-state index in [2.05, 4.69) is 26.1 Å². The normalized spacial score (nSPS) is 10.5. The van der Waals surface area contributed by atoms with Crippen LogP contribution in [-0.2, 0) is 9.53 Å². The molecule has 0 aliphatic carbocycles. The van der Waals surface area contributed by atoms with E-state index in [1.807, 2.05) is 24.3 Å². The molecule has 23 heavy (non-hydrogen) atoms. The van der Waals surface area contributed by atoms with Crippen LogP contribution in [-0.4, -0.2) is 53.7 Å². The molecular weight excluding hydrogens is 364 g/mol. The summed E-state index contributed by atoms with van der Waals surface area (Å²) in [5.74, 6) is -0.932. The molecule has 1 aromatic heterocycles. The number of carbonyl (C=O) groups excluding carboxylic acids is 2. The van der Waals surface area contributed by atoms with Crippen molar-refractivity contribution >= 4 is 27.7 Å². The maximum absolute atomic E-state index is 12.5. The van der Waals surface area contributed by atoms with E-state index in [4.69, 9.17) is 10.5 Å². The van der Waals surface area contributed by atoms with E-state index in [-0.39, 0.29) is 19.0 Å². The Balaban J connectivity index is 2.17. The molecule has 0 fully saturated rings. The molecule has 2 rings (SSSR count). The van der Waals surface area contributed by atoms with Crippen molar-refractivity contribution in [2.75, 3.05) is 26.8 Å². The number of rotatable bonds is 7. The van der Waals surface area contributed by atoms with Crippen LogP contribution in [0, 0.1) is 0 Å². The molecule has 0 saturated heterocycles. The highest BCUT2D eigenvalue weighted by molar-refractivity contribution is 9.10. The molecule has 0 atom stereocenters. The third-order valence-corrected chi connectivity index (χ3v) is 3.68. The number of aromatic amines is 1. The van der Waals surface area contributed by atoms with Crippen LogP contribution in [0.15, 0.2) is 34.8 Å². The van der Waals surface area contributed by atoms with Crippen LogP contribution in [0.1, 0.15) is 10.5 Å². The number of hydrogen-bond acceptors (Lipinski definition) is 4. The van der Waals surface area contributed by atoms with Gasteiger partial charge in [0, 0.05) is 23.7 Å². The van der Waals surface area contributed by atoms with Crippen molar-refractivity contribution in [3.8, 4) is 11.3 Å². The molecule has 0 unspecified atom stereocenters. The molecule has 1 heterocycles. The van der Waals surface area contributed by atoms with Crippen molar-refractivity contribution in [2.45, 2.75) is 0 Å². The number of hydrogen-bond donors (Lipinski definition) is 2. The molecule has 2 amide bonds. The lowest BCUT2D eigenvalue weighted by Crippen LogP contribution is -2.40. The first-order chi connectivity index (χ1) is 11.0. The number of nitrogens with zero attached hydrogens (tertiary/aromatic N) is 2. The molecule has 0 radical (unpaired) electrons. The number of carbonyl (C=O) groups is 2. The minimum Gasteiger partial charge on any atom is -0.383 e. The molecule has 8 heteroatoms. The van der Waals surface area contributed by atoms with Gasteiger partial charge in [0.1, 0.15) is 5.69 Å². The molecular formula is C15H17BrN4O3. The molecule has 7 nitrogen and oxygen atoms in total. The van der Waals surface area contributed by atoms with Crippen molar-refractivity contribution < 1.29 is 14.3 Å². The zero-order valence-electron chi connectivity index (χ0n) is 12.6. The largest absolute Gasteiger partial charge is 0.383 e. The lowest BCUT2D eigenvalue weighted by molar-refractivity contribution is -0.118. The summed E-state index contributed by atoms with van der Waals surface area (Å²) in [7, 11) is 1.52. The van der Waals surface area contributed by atoms with Crippen molar-refractivity contribution in [1.82, 2.24) is 15.1 Å². The number of aromatic nitrogens is 2. The van der Waals surface area contributed by atoms with E-state index < -0.39 is 5.91 Å². The van der Waals surface area contributed by atoms with E-state index in [1.165, 1.54) is 12.0 Å². The maximum Gasteiger partial charge on any atom is 0.272 e. The van der Waals surface area contributed by atoms with Gasteiger partial charge in [0.15, 0.2) is 0 Å². The zero-order valence-corrected chi connectivity index (χ0v) is 14.2. The van der Waals surface area contributed by atoms with Crippen LogP contribution >= 0.6 is 15.9 Å². The summed E-state index contributed by atoms with van der Waals surface area (Å²) in [6.07, 6.45) is 0. The molecule has 0 bridgehead atoms. The second-order valence-electron chi connectivity index (χ2n) is 4.86. The number of nitrogens with one attached hydrogen (secondary N) is 1. The summed E-state index contributed by atoms with van der Waals surface area (Å²) in [5.41, 5.74) is 7.00. The van der Waals surface area contributed by atoms with Gasteiger partial charge in [0.25, 0.3) is 5.91 Å². The van der Waals surface area contributed by atoms with Crippen molar-refractivity contribution in [3.63, 3.8) is 0 Å². The highest BCUT2D eigenvalue weighted by Gasteiger charge is 2.20. The maximum atomic E-state index is 12.5. The van der Waals surface area contributed by atoms with Gasteiger partial charge >= 0.3 is 0 Å². The van der Waals surface area contributed by atoms with Crippen molar-refractivity contribution in [3.05, 3.63) is 40.5 Å². The van der Waals surface area contributed by atoms with E-state index in [0.29, 0.717) is 18.0 Å². The average molecular weight is 381 g/mol. The lowest BCUT2D eigenvalue weighted by Gasteiger charge is -2.19. The van der Waals surface area contributed by atoms with Gasteiger partial charge in [-0.05, 0) is 18.2 Å². The highest BCUT2D eigenvalue weighted by atomic mass is 79.9. The first-order valence-corrected chi connectivity index (χ1v) is 7.68. The topological polar surface area (TPSA) is 101 Å². The number of nitrogens with two attached hydrogens (primary N) is 1. The Bertz CT molecular complexity index is 684. The summed E-state index contributed by atoms with van der Waals surface area (Å²) in [4.78, 5) is 24.9. The standard InChI is InChI=1S/C15H17BrN4O3/c1-23-7-6-20(9-14(17)21)15(22)13-8-12(18-19-13)10-2-4-11(16)5-3-10/h2-5,8H,6-7,9H2,1H3,(H2,17,21)(H,18,19). The Kier molecular flexibility index (Phi) is 5.89. The zero-order chi connectivity index (χ0) is 16.8. The Morgan fingerprint density at radius 2 is 2.04 bits per heavy atom. The number of methoxy groups -OCH3 is 1. The van der Waals surface area contributed by atoms with Gasteiger partial charge < -0.3 is 15.4 Å². The van der Waals surface area contributed by atoms with Gasteiger partial charge in [-0.3, -0.25) is 14.7 Å². The predicted molar refractivity (Wildman–Crippen MR) is 88.7 cm³/mol. The second-order valence-corrected chi connectivity index (χ2v) is 5.78. The summed E-state index contributed by atoms with van der Waals surface area (Å²) in [6.45, 7) is 0.409. The van der Waals surface area contributed by atoms with E-state index in [0.717, 1.165) is 10.0 Å². The van der Waals surface area contributed by atoms with E-state index in [9.17, 15) is 9.59 Å². The first kappa shape index (κ1) is 17.2. The quantitative estimate of drug-likeness (QED) is 0.757. The Hall–Kier alpha value is -2.19. The smallest absolute Gasteiger partial charge is 0.272 e. The Morgan fingerprint density at radius 1 is 1.35 bits per heavy atom. The molecule has 122 valence electrons. The summed E-state index contributed by atoms with van der Waals surface area (Å²) >= 11 is 3.37. The monoisotopic (exact) mass is 380 g/mol. The third-order valence-electron chi connectivity index (χ3n) is 3.15. The first-order valence-electron chi connectivity index (χ1n) is 6.89. The van der Waals surface area contributed by atoms with Gasteiger partial charge in [0.2, 0.25) is 5.91 Å². The SMILES string of the molecule is COCCN(CC(N)=O)C(=O)c1cc(-c2ccc(Br)cc2)n[nH]1. The predicted octanol–water partition coefficient (Wildman–Crippen LogP) is 1.41. The second kappa shape index (κ2) is 7.89. The van der Waals surface area contributed by atoms with Crippen LogP contribution in [0.25, 0.3) is 11.3 Å². The fourth-order valence-corrected chi connectivity index (χ4v) is 2.28. The Labute approximate surface area is 141 Å². The number of H-pyrrole nitrogens is 1. The average Bonchev–Trinajstić information content (AvgIpc) is 3.01. The molecule has 2 aromatic rings. The third kappa shape index (κ3) is 4.64. The summed E-state index contributed by atoms with van der Waals surface area (Å²) in [5, 5.41) is 6.85. The van der Waals surface area contributed by atoms with Gasteiger partial charge in [-0.15, -0.1) is 0 Å². The lowest BCUT2D eigenvalue weighted by atomic mass is 10.1. The minimum atomic E-state index is -0.581. The number of ether oxygens (including phenoxy) is 1.